The molecule has 0 radical (unpaired) electrons. The van der Waals surface area contributed by atoms with Gasteiger partial charge in [-0.1, -0.05) is 0 Å². The first kappa shape index (κ1) is 15.0. The lowest BCUT2D eigenvalue weighted by molar-refractivity contribution is 0.0691. The summed E-state index contributed by atoms with van der Waals surface area (Å²) in [4.78, 5) is 26.8. The Labute approximate surface area is 125 Å². The Morgan fingerprint density at radius 1 is 1.33 bits per heavy atom. The van der Waals surface area contributed by atoms with Crippen molar-refractivity contribution >= 4 is 23.2 Å². The quantitative estimate of drug-likeness (QED) is 0.885. The van der Waals surface area contributed by atoms with E-state index in [-0.39, 0.29) is 17.6 Å². The number of amides is 1. The van der Waals surface area contributed by atoms with Gasteiger partial charge in [-0.15, -0.1) is 11.3 Å². The first-order valence-electron chi connectivity index (χ1n) is 6.15. The van der Waals surface area contributed by atoms with Gasteiger partial charge in [0, 0.05) is 10.9 Å². The van der Waals surface area contributed by atoms with Gasteiger partial charge in [0.15, 0.2) is 5.69 Å². The van der Waals surface area contributed by atoms with E-state index in [9.17, 15) is 9.59 Å². The third-order valence-corrected chi connectivity index (χ3v) is 3.84. The molecule has 6 nitrogen and oxygen atoms in total. The number of thiazole rings is 1. The third kappa shape index (κ3) is 3.57. The van der Waals surface area contributed by atoms with E-state index in [0.717, 1.165) is 0 Å². The Kier molecular flexibility index (Phi) is 4.54. The molecule has 1 aromatic heterocycles. The van der Waals surface area contributed by atoms with Crippen molar-refractivity contribution in [3.05, 3.63) is 45.9 Å². The van der Waals surface area contributed by atoms with Crippen LogP contribution < -0.4 is 10.1 Å². The smallest absolute Gasteiger partial charge is 0.355 e. The summed E-state index contributed by atoms with van der Waals surface area (Å²) >= 11 is 1.20. The number of ether oxygens (including phenoxy) is 1. The first-order chi connectivity index (χ1) is 10.0. The van der Waals surface area contributed by atoms with E-state index in [1.165, 1.54) is 16.7 Å². The summed E-state index contributed by atoms with van der Waals surface area (Å²) in [7, 11) is 1.56. The Morgan fingerprint density at radius 3 is 2.52 bits per heavy atom. The minimum Gasteiger partial charge on any atom is -0.497 e. The molecule has 0 spiro atoms. The predicted molar refractivity (Wildman–Crippen MR) is 77.9 cm³/mol. The standard InChI is InChI=1S/C14H14N2O4S/c1-8(13-16-11(7-21-13)14(18)19)15-12(17)9-3-5-10(20-2)6-4-9/h3-8H,1-2H3,(H,15,17)(H,18,19). The molecule has 110 valence electrons. The van der Waals surface area contributed by atoms with Gasteiger partial charge in [-0.2, -0.15) is 0 Å². The van der Waals surface area contributed by atoms with E-state index >= 15 is 0 Å². The SMILES string of the molecule is COc1ccc(C(=O)NC(C)c2nc(C(=O)O)cs2)cc1. The molecule has 21 heavy (non-hydrogen) atoms. The van der Waals surface area contributed by atoms with Crippen molar-refractivity contribution in [3.63, 3.8) is 0 Å². The van der Waals surface area contributed by atoms with Gasteiger partial charge >= 0.3 is 5.97 Å². The highest BCUT2D eigenvalue weighted by molar-refractivity contribution is 7.09. The summed E-state index contributed by atoms with van der Waals surface area (Å²) < 4.78 is 5.03. The summed E-state index contributed by atoms with van der Waals surface area (Å²) in [6.45, 7) is 1.76. The second-order valence-electron chi connectivity index (χ2n) is 4.30. The number of carboxylic acid groups (broad SMARTS) is 1. The summed E-state index contributed by atoms with van der Waals surface area (Å²) in [6.07, 6.45) is 0. The number of carboxylic acids is 1. The van der Waals surface area contributed by atoms with Gasteiger partial charge in [-0.3, -0.25) is 4.79 Å². The minimum atomic E-state index is -1.08. The lowest BCUT2D eigenvalue weighted by Gasteiger charge is -2.11. The highest BCUT2D eigenvalue weighted by Gasteiger charge is 2.16. The second kappa shape index (κ2) is 6.36. The van der Waals surface area contributed by atoms with Crippen LogP contribution in [0.2, 0.25) is 0 Å². The molecule has 0 aliphatic carbocycles. The lowest BCUT2D eigenvalue weighted by Crippen LogP contribution is -2.26. The zero-order valence-corrected chi connectivity index (χ0v) is 12.3. The molecule has 0 aliphatic heterocycles. The molecule has 1 amide bonds. The largest absolute Gasteiger partial charge is 0.497 e. The second-order valence-corrected chi connectivity index (χ2v) is 5.19. The van der Waals surface area contributed by atoms with Crippen molar-refractivity contribution in [3.8, 4) is 5.75 Å². The summed E-state index contributed by atoms with van der Waals surface area (Å²) in [5, 5.41) is 13.6. The Hall–Kier alpha value is -2.41. The molecule has 1 unspecified atom stereocenters. The number of methoxy groups -OCH3 is 1. The molecule has 0 saturated heterocycles. The van der Waals surface area contributed by atoms with Crippen LogP contribution in [0.25, 0.3) is 0 Å². The summed E-state index contributed by atoms with van der Waals surface area (Å²) in [6, 6.07) is 6.35. The van der Waals surface area contributed by atoms with Crippen LogP contribution in [0.1, 0.15) is 38.8 Å². The van der Waals surface area contributed by atoms with Crippen molar-refractivity contribution in [1.82, 2.24) is 10.3 Å². The van der Waals surface area contributed by atoms with Gasteiger partial charge < -0.3 is 15.2 Å². The van der Waals surface area contributed by atoms with Gasteiger partial charge in [-0.05, 0) is 31.2 Å². The number of benzene rings is 1. The maximum absolute atomic E-state index is 12.1. The maximum atomic E-state index is 12.1. The Balaban J connectivity index is 2.05. The molecule has 0 bridgehead atoms. The topological polar surface area (TPSA) is 88.5 Å². The molecule has 1 heterocycles. The number of hydrogen-bond donors (Lipinski definition) is 2. The van der Waals surface area contributed by atoms with E-state index < -0.39 is 5.97 Å². The number of carbonyl (C=O) groups excluding carboxylic acids is 1. The number of aromatic nitrogens is 1. The molecule has 2 rings (SSSR count). The Morgan fingerprint density at radius 2 is 2.00 bits per heavy atom. The van der Waals surface area contributed by atoms with Crippen molar-refractivity contribution in [2.45, 2.75) is 13.0 Å². The molecular weight excluding hydrogens is 292 g/mol. The number of nitrogens with one attached hydrogen (secondary N) is 1. The fourth-order valence-corrected chi connectivity index (χ4v) is 2.47. The van der Waals surface area contributed by atoms with E-state index in [1.807, 2.05) is 0 Å². The minimum absolute atomic E-state index is 0.0134. The highest BCUT2D eigenvalue weighted by Crippen LogP contribution is 2.19. The van der Waals surface area contributed by atoms with Crippen LogP contribution in [-0.2, 0) is 0 Å². The maximum Gasteiger partial charge on any atom is 0.355 e. The molecular formula is C14H14N2O4S. The highest BCUT2D eigenvalue weighted by atomic mass is 32.1. The number of aromatic carboxylic acids is 1. The van der Waals surface area contributed by atoms with Crippen LogP contribution in [-0.4, -0.2) is 29.1 Å². The van der Waals surface area contributed by atoms with Gasteiger partial charge in [-0.25, -0.2) is 9.78 Å². The molecule has 2 N–H and O–H groups in total. The molecule has 0 saturated carbocycles. The normalized spacial score (nSPS) is 11.7. The number of hydrogen-bond acceptors (Lipinski definition) is 5. The van der Waals surface area contributed by atoms with Crippen LogP contribution in [0.5, 0.6) is 5.75 Å². The molecule has 2 aromatic rings. The van der Waals surface area contributed by atoms with Crippen LogP contribution in [0.15, 0.2) is 29.6 Å². The fraction of sp³-hybridized carbons (Fsp3) is 0.214. The van der Waals surface area contributed by atoms with Crippen LogP contribution >= 0.6 is 11.3 Å². The molecule has 1 atom stereocenters. The molecule has 0 fully saturated rings. The molecule has 1 aromatic carbocycles. The zero-order valence-electron chi connectivity index (χ0n) is 11.5. The lowest BCUT2D eigenvalue weighted by atomic mass is 10.2. The monoisotopic (exact) mass is 306 g/mol. The number of nitrogens with zero attached hydrogens (tertiary/aromatic N) is 1. The Bertz CT molecular complexity index is 651. The van der Waals surface area contributed by atoms with Crippen molar-refractivity contribution in [2.75, 3.05) is 7.11 Å². The van der Waals surface area contributed by atoms with Gasteiger partial charge in [0.1, 0.15) is 10.8 Å². The average Bonchev–Trinajstić information content (AvgIpc) is 2.97. The van der Waals surface area contributed by atoms with E-state index in [1.54, 1.807) is 38.3 Å². The van der Waals surface area contributed by atoms with E-state index in [2.05, 4.69) is 10.3 Å². The van der Waals surface area contributed by atoms with Gasteiger partial charge in [0.05, 0.1) is 13.2 Å². The molecule has 7 heteroatoms. The number of rotatable bonds is 5. The summed E-state index contributed by atoms with van der Waals surface area (Å²) in [5.74, 6) is -0.658. The van der Waals surface area contributed by atoms with Crippen molar-refractivity contribution in [1.29, 1.82) is 0 Å². The third-order valence-electron chi connectivity index (χ3n) is 2.81. The first-order valence-corrected chi connectivity index (χ1v) is 7.03. The van der Waals surface area contributed by atoms with E-state index in [4.69, 9.17) is 9.84 Å². The predicted octanol–water partition coefficient (Wildman–Crippen LogP) is 2.34. The van der Waals surface area contributed by atoms with Crippen molar-refractivity contribution < 1.29 is 19.4 Å². The van der Waals surface area contributed by atoms with E-state index in [0.29, 0.717) is 16.3 Å². The fourth-order valence-electron chi connectivity index (χ4n) is 1.67. The van der Waals surface area contributed by atoms with Crippen LogP contribution in [0, 0.1) is 0 Å². The van der Waals surface area contributed by atoms with Crippen LogP contribution in [0.3, 0.4) is 0 Å². The van der Waals surface area contributed by atoms with Gasteiger partial charge in [0.2, 0.25) is 0 Å². The van der Waals surface area contributed by atoms with Crippen LogP contribution in [0.4, 0.5) is 0 Å². The average molecular weight is 306 g/mol. The van der Waals surface area contributed by atoms with Crippen molar-refractivity contribution in [2.24, 2.45) is 0 Å². The summed E-state index contributed by atoms with van der Waals surface area (Å²) in [5.41, 5.74) is 0.484. The van der Waals surface area contributed by atoms with Gasteiger partial charge in [0.25, 0.3) is 5.91 Å². The zero-order chi connectivity index (χ0) is 15.4. The molecule has 0 aliphatic rings. The number of carbonyl (C=O) groups is 2.